The molecule has 0 radical (unpaired) electrons. The molecule has 1 aromatic heterocycles. The number of ether oxygens (including phenoxy) is 1. The molecule has 2 aromatic carbocycles. The van der Waals surface area contributed by atoms with Gasteiger partial charge in [0.1, 0.15) is 6.04 Å². The molecule has 3 aromatic rings. The first-order valence-corrected chi connectivity index (χ1v) is 10.7. The Morgan fingerprint density at radius 2 is 1.79 bits per heavy atom. The Morgan fingerprint density at radius 1 is 1.15 bits per heavy atom. The molecule has 0 fully saturated rings. The van der Waals surface area contributed by atoms with E-state index in [9.17, 15) is 19.5 Å². The number of nitrogens with one attached hydrogen (secondary N) is 1. The first-order chi connectivity index (χ1) is 15.7. The van der Waals surface area contributed by atoms with Crippen molar-refractivity contribution < 1.29 is 19.4 Å². The predicted octanol–water partition coefficient (Wildman–Crippen LogP) is 3.58. The quantitative estimate of drug-likeness (QED) is 0.500. The lowest BCUT2D eigenvalue weighted by molar-refractivity contribution is -0.139. The van der Waals surface area contributed by atoms with Gasteiger partial charge in [-0.05, 0) is 36.1 Å². The lowest BCUT2D eigenvalue weighted by Crippen LogP contribution is -2.41. The third-order valence-electron chi connectivity index (χ3n) is 5.08. The molecule has 0 aliphatic heterocycles. The maximum absolute atomic E-state index is 12.5. The molecule has 0 spiro atoms. The molecular weight excluding hydrogens is 469 g/mol. The second-order valence-electron chi connectivity index (χ2n) is 7.21. The lowest BCUT2D eigenvalue weighted by atomic mass is 10.0. The van der Waals surface area contributed by atoms with Crippen LogP contribution in [0.3, 0.4) is 0 Å². The Bertz CT molecular complexity index is 1220. The summed E-state index contributed by atoms with van der Waals surface area (Å²) in [6.07, 6.45) is 1.98. The average Bonchev–Trinajstić information content (AvgIpc) is 2.78. The Hall–Kier alpha value is -3.36. The van der Waals surface area contributed by atoms with E-state index in [1.54, 1.807) is 37.4 Å². The summed E-state index contributed by atoms with van der Waals surface area (Å²) in [6.45, 7) is 0. The number of rotatable bonds is 8. The highest BCUT2D eigenvalue weighted by Crippen LogP contribution is 2.26. The number of hydrogen-bond donors (Lipinski definition) is 2. The molecule has 0 aliphatic rings. The van der Waals surface area contributed by atoms with Crippen molar-refractivity contribution in [2.75, 3.05) is 7.11 Å². The normalized spacial score (nSPS) is 11.6. The van der Waals surface area contributed by atoms with E-state index in [1.807, 2.05) is 0 Å². The second-order valence-corrected chi connectivity index (χ2v) is 8.03. The average molecular weight is 490 g/mol. The molecule has 2 N–H and O–H groups in total. The van der Waals surface area contributed by atoms with Crippen LogP contribution in [0.15, 0.2) is 53.5 Å². The number of carbonyl (C=O) groups is 2. The number of nitrogens with zero attached hydrogens (tertiary/aromatic N) is 2. The molecule has 1 heterocycles. The molecule has 0 saturated heterocycles. The van der Waals surface area contributed by atoms with Crippen LogP contribution < -0.4 is 15.6 Å². The minimum absolute atomic E-state index is 0.0318. The fourth-order valence-electron chi connectivity index (χ4n) is 3.30. The van der Waals surface area contributed by atoms with Crippen molar-refractivity contribution >= 4 is 35.1 Å². The Kier molecular flexibility index (Phi) is 7.73. The maximum Gasteiger partial charge on any atom is 0.326 e. The minimum atomic E-state index is -1.17. The Morgan fingerprint density at radius 3 is 2.36 bits per heavy atom. The first kappa shape index (κ1) is 24.3. The van der Waals surface area contributed by atoms with Gasteiger partial charge in [-0.2, -0.15) is 5.10 Å². The van der Waals surface area contributed by atoms with Crippen LogP contribution in [-0.4, -0.2) is 39.9 Å². The topological polar surface area (TPSA) is 111 Å². The third kappa shape index (κ3) is 5.53. The molecule has 1 amide bonds. The number of methoxy groups -OCH3 is 1. The number of aromatic nitrogens is 2. The van der Waals surface area contributed by atoms with E-state index in [1.165, 1.54) is 30.1 Å². The van der Waals surface area contributed by atoms with E-state index in [4.69, 9.17) is 27.9 Å². The highest BCUT2D eigenvalue weighted by molar-refractivity contribution is 6.39. The van der Waals surface area contributed by atoms with Gasteiger partial charge in [-0.25, -0.2) is 9.48 Å². The Balaban J connectivity index is 1.73. The number of amides is 1. The van der Waals surface area contributed by atoms with Crippen LogP contribution in [0.1, 0.15) is 22.3 Å². The zero-order valence-electron chi connectivity index (χ0n) is 17.8. The molecule has 0 saturated carbocycles. The lowest BCUT2D eigenvalue weighted by Gasteiger charge is -2.16. The van der Waals surface area contributed by atoms with Gasteiger partial charge in [0.2, 0.25) is 0 Å². The zero-order valence-corrected chi connectivity index (χ0v) is 19.4. The van der Waals surface area contributed by atoms with Crippen molar-refractivity contribution in [1.82, 2.24) is 15.1 Å². The molecule has 3 rings (SSSR count). The molecule has 1 atom stereocenters. The van der Waals surface area contributed by atoms with Gasteiger partial charge in [-0.15, -0.1) is 0 Å². The van der Waals surface area contributed by atoms with Crippen molar-refractivity contribution in [2.24, 2.45) is 7.05 Å². The van der Waals surface area contributed by atoms with E-state index >= 15 is 0 Å². The number of carboxylic acid groups (broad SMARTS) is 1. The molecule has 0 aliphatic carbocycles. The fourth-order valence-corrected chi connectivity index (χ4v) is 3.86. The van der Waals surface area contributed by atoms with Gasteiger partial charge >= 0.3 is 5.97 Å². The van der Waals surface area contributed by atoms with Crippen LogP contribution in [-0.2, 0) is 18.3 Å². The van der Waals surface area contributed by atoms with Crippen LogP contribution in [0.5, 0.6) is 5.75 Å². The van der Waals surface area contributed by atoms with Gasteiger partial charge in [0.05, 0.1) is 34.5 Å². The first-order valence-electron chi connectivity index (χ1n) is 9.90. The van der Waals surface area contributed by atoms with E-state index in [2.05, 4.69) is 10.4 Å². The molecule has 8 nitrogen and oxygen atoms in total. The smallest absolute Gasteiger partial charge is 0.326 e. The maximum atomic E-state index is 12.5. The molecule has 0 bridgehead atoms. The zero-order chi connectivity index (χ0) is 24.1. The van der Waals surface area contributed by atoms with Crippen molar-refractivity contribution in [1.29, 1.82) is 0 Å². The fraction of sp³-hybridized carbons (Fsp3) is 0.217. The van der Waals surface area contributed by atoms with E-state index < -0.39 is 17.9 Å². The SMILES string of the molecule is COc1cnn(C)c(=O)c1-c1ccc(CC[C@H](NC(=O)c2c(Cl)cccc2Cl)C(=O)O)cc1. The van der Waals surface area contributed by atoms with Crippen LogP contribution in [0.4, 0.5) is 0 Å². The summed E-state index contributed by atoms with van der Waals surface area (Å²) >= 11 is 12.1. The predicted molar refractivity (Wildman–Crippen MR) is 125 cm³/mol. The third-order valence-corrected chi connectivity index (χ3v) is 5.71. The number of halogens is 2. The number of hydrogen-bond acceptors (Lipinski definition) is 5. The van der Waals surface area contributed by atoms with Crippen molar-refractivity contribution in [3.63, 3.8) is 0 Å². The number of carbonyl (C=O) groups excluding carboxylic acids is 1. The summed E-state index contributed by atoms with van der Waals surface area (Å²) in [5, 5.41) is 16.3. The number of aliphatic carboxylic acids is 1. The van der Waals surface area contributed by atoms with Crippen molar-refractivity contribution in [3.8, 4) is 16.9 Å². The van der Waals surface area contributed by atoms with Crippen molar-refractivity contribution in [3.05, 3.63) is 80.2 Å². The summed E-state index contributed by atoms with van der Waals surface area (Å²) in [4.78, 5) is 36.7. The summed E-state index contributed by atoms with van der Waals surface area (Å²) < 4.78 is 6.48. The summed E-state index contributed by atoms with van der Waals surface area (Å²) in [7, 11) is 3.01. The van der Waals surface area contributed by atoms with Crippen LogP contribution >= 0.6 is 23.2 Å². The molecule has 10 heteroatoms. The molecular formula is C23H21Cl2N3O5. The summed E-state index contributed by atoms with van der Waals surface area (Å²) in [6, 6.07) is 10.6. The number of carboxylic acids is 1. The second kappa shape index (κ2) is 10.5. The van der Waals surface area contributed by atoms with E-state index in [0.29, 0.717) is 23.3 Å². The van der Waals surface area contributed by atoms with Crippen LogP contribution in [0.25, 0.3) is 11.1 Å². The van der Waals surface area contributed by atoms with Gasteiger partial charge in [0, 0.05) is 7.05 Å². The largest absolute Gasteiger partial charge is 0.494 e. The minimum Gasteiger partial charge on any atom is -0.494 e. The Labute approximate surface area is 199 Å². The van der Waals surface area contributed by atoms with Gasteiger partial charge < -0.3 is 15.2 Å². The summed E-state index contributed by atoms with van der Waals surface area (Å²) in [5.74, 6) is -1.47. The number of benzene rings is 2. The number of aryl methyl sites for hydroxylation is 2. The van der Waals surface area contributed by atoms with Crippen LogP contribution in [0, 0.1) is 0 Å². The van der Waals surface area contributed by atoms with Gasteiger partial charge in [0.15, 0.2) is 5.75 Å². The standard InChI is InChI=1S/C23H21Cl2N3O5/c1-28-22(30)19(18(33-2)12-26-28)14-9-6-13(7-10-14)8-11-17(23(31)32)27-21(29)20-15(24)4-3-5-16(20)25/h3-7,9-10,12,17H,8,11H2,1-2H3,(H,27,29)(H,31,32)/t17-/m0/s1. The molecule has 0 unspecified atom stereocenters. The van der Waals surface area contributed by atoms with Crippen LogP contribution in [0.2, 0.25) is 10.0 Å². The van der Waals surface area contributed by atoms with Gasteiger partial charge in [0.25, 0.3) is 11.5 Å². The molecule has 33 heavy (non-hydrogen) atoms. The van der Waals surface area contributed by atoms with E-state index in [-0.39, 0.29) is 27.6 Å². The highest BCUT2D eigenvalue weighted by atomic mass is 35.5. The monoisotopic (exact) mass is 489 g/mol. The van der Waals surface area contributed by atoms with Crippen molar-refractivity contribution in [2.45, 2.75) is 18.9 Å². The molecule has 172 valence electrons. The van der Waals surface area contributed by atoms with E-state index in [0.717, 1.165) is 5.56 Å². The van der Waals surface area contributed by atoms with Gasteiger partial charge in [-0.1, -0.05) is 53.5 Å². The van der Waals surface area contributed by atoms with Gasteiger partial charge in [-0.3, -0.25) is 9.59 Å². The summed E-state index contributed by atoms with van der Waals surface area (Å²) in [5.41, 5.74) is 1.60. The highest BCUT2D eigenvalue weighted by Gasteiger charge is 2.23.